The van der Waals surface area contributed by atoms with Crippen molar-refractivity contribution < 1.29 is 0 Å². The smallest absolute Gasteiger partial charge is 0.140 e. The molecule has 0 saturated heterocycles. The first kappa shape index (κ1) is 12.2. The van der Waals surface area contributed by atoms with Crippen molar-refractivity contribution in [1.82, 2.24) is 9.38 Å². The Labute approximate surface area is 127 Å². The summed E-state index contributed by atoms with van der Waals surface area (Å²) in [4.78, 5) is 4.69. The van der Waals surface area contributed by atoms with E-state index in [4.69, 9.17) is 4.98 Å². The van der Waals surface area contributed by atoms with E-state index in [1.165, 1.54) is 9.13 Å². The minimum Gasteiger partial charge on any atom is -0.305 e. The van der Waals surface area contributed by atoms with E-state index in [1.54, 1.807) is 0 Å². The number of aromatic nitrogens is 2. The van der Waals surface area contributed by atoms with Crippen LogP contribution < -0.4 is 0 Å². The van der Waals surface area contributed by atoms with Crippen molar-refractivity contribution in [3.05, 3.63) is 56.3 Å². The summed E-state index contributed by atoms with van der Waals surface area (Å²) in [6.07, 6.45) is 4.10. The van der Waals surface area contributed by atoms with Gasteiger partial charge in [-0.15, -0.1) is 0 Å². The summed E-state index contributed by atoms with van der Waals surface area (Å²) in [5.41, 5.74) is 4.33. The molecule has 3 rings (SSSR count). The molecular weight excluding hydrogens is 403 g/mol. The average Bonchev–Trinajstić information content (AvgIpc) is 2.74. The van der Waals surface area contributed by atoms with Crippen molar-refractivity contribution in [1.29, 1.82) is 0 Å². The minimum absolute atomic E-state index is 1.01. The fraction of sp³-hybridized carbons (Fsp3) is 0.0714. The van der Waals surface area contributed by atoms with Gasteiger partial charge in [-0.3, -0.25) is 0 Å². The molecule has 0 N–H and O–H groups in total. The van der Waals surface area contributed by atoms with Gasteiger partial charge in [0.1, 0.15) is 5.65 Å². The molecule has 0 amide bonds. The Bertz CT molecular complexity index is 716. The maximum atomic E-state index is 4.69. The zero-order valence-corrected chi connectivity index (χ0v) is 13.4. The van der Waals surface area contributed by atoms with Gasteiger partial charge in [-0.25, -0.2) is 4.98 Å². The first-order valence-corrected chi connectivity index (χ1v) is 7.41. The normalized spacial score (nSPS) is 11.1. The molecule has 2 nitrogen and oxygen atoms in total. The van der Waals surface area contributed by atoms with Crippen LogP contribution in [0, 0.1) is 10.5 Å². The number of hydrogen-bond acceptors (Lipinski definition) is 1. The zero-order valence-electron chi connectivity index (χ0n) is 9.69. The lowest BCUT2D eigenvalue weighted by molar-refractivity contribution is 1.15. The molecule has 0 spiro atoms. The van der Waals surface area contributed by atoms with Crippen LogP contribution in [0.25, 0.3) is 16.9 Å². The maximum Gasteiger partial charge on any atom is 0.140 e. The molecule has 3 aromatic rings. The molecule has 1 aromatic carbocycles. The molecule has 0 atom stereocenters. The summed E-state index contributed by atoms with van der Waals surface area (Å²) in [7, 11) is 0. The van der Waals surface area contributed by atoms with Gasteiger partial charge in [-0.1, -0.05) is 12.1 Å². The largest absolute Gasteiger partial charge is 0.305 e. The first-order valence-electron chi connectivity index (χ1n) is 5.54. The van der Waals surface area contributed by atoms with Crippen LogP contribution in [-0.4, -0.2) is 9.38 Å². The van der Waals surface area contributed by atoms with E-state index in [2.05, 4.69) is 86.4 Å². The summed E-state index contributed by atoms with van der Waals surface area (Å²) in [5, 5.41) is 0. The number of rotatable bonds is 1. The van der Waals surface area contributed by atoms with Gasteiger partial charge in [0.05, 0.1) is 5.69 Å². The van der Waals surface area contributed by atoms with Gasteiger partial charge in [0.15, 0.2) is 0 Å². The number of hydrogen-bond donors (Lipinski definition) is 0. The van der Waals surface area contributed by atoms with E-state index in [9.17, 15) is 0 Å². The highest BCUT2D eigenvalue weighted by Crippen LogP contribution is 2.23. The molecule has 0 bridgehead atoms. The first-order chi connectivity index (χ1) is 8.63. The van der Waals surface area contributed by atoms with Crippen LogP contribution in [0.5, 0.6) is 0 Å². The summed E-state index contributed by atoms with van der Waals surface area (Å²) in [5.74, 6) is 0. The van der Waals surface area contributed by atoms with Crippen LogP contribution in [0.2, 0.25) is 0 Å². The number of nitrogens with zero attached hydrogens (tertiary/aromatic N) is 2. The van der Waals surface area contributed by atoms with Crippen molar-refractivity contribution in [2.45, 2.75) is 6.92 Å². The summed E-state index contributed by atoms with van der Waals surface area (Å²) in [6, 6.07) is 10.5. The molecule has 0 fully saturated rings. The van der Waals surface area contributed by atoms with Crippen LogP contribution in [-0.2, 0) is 0 Å². The molecule has 4 heteroatoms. The highest BCUT2D eigenvalue weighted by atomic mass is 127. The second-order valence-corrected chi connectivity index (χ2v) is 6.37. The summed E-state index contributed by atoms with van der Waals surface area (Å²) in [6.45, 7) is 2.07. The fourth-order valence-corrected chi connectivity index (χ4v) is 2.91. The number of imidazole rings is 1. The highest BCUT2D eigenvalue weighted by Gasteiger charge is 2.07. The van der Waals surface area contributed by atoms with E-state index in [0.717, 1.165) is 21.4 Å². The SMILES string of the molecule is Cc1cc(Br)cn2cc(-c3ccc(I)cc3)nc12. The molecule has 0 aliphatic rings. The Morgan fingerprint density at radius 2 is 1.89 bits per heavy atom. The maximum absolute atomic E-state index is 4.69. The third-order valence-electron chi connectivity index (χ3n) is 2.84. The lowest BCUT2D eigenvalue weighted by atomic mass is 10.2. The number of pyridine rings is 1. The van der Waals surface area contributed by atoms with Crippen molar-refractivity contribution in [3.8, 4) is 11.3 Å². The van der Waals surface area contributed by atoms with E-state index in [1.807, 2.05) is 6.20 Å². The molecule has 18 heavy (non-hydrogen) atoms. The summed E-state index contributed by atoms with van der Waals surface area (Å²) >= 11 is 5.82. The number of halogens is 2. The van der Waals surface area contributed by atoms with Crippen LogP contribution >= 0.6 is 38.5 Å². The third kappa shape index (κ3) is 2.19. The average molecular weight is 413 g/mol. The zero-order chi connectivity index (χ0) is 12.7. The van der Waals surface area contributed by atoms with Gasteiger partial charge in [-0.05, 0) is 69.2 Å². The van der Waals surface area contributed by atoms with Gasteiger partial charge in [0.25, 0.3) is 0 Å². The lowest BCUT2D eigenvalue weighted by Crippen LogP contribution is -1.86. The van der Waals surface area contributed by atoms with E-state index >= 15 is 0 Å². The molecule has 0 aliphatic carbocycles. The molecule has 2 aromatic heterocycles. The third-order valence-corrected chi connectivity index (χ3v) is 3.99. The van der Waals surface area contributed by atoms with E-state index < -0.39 is 0 Å². The predicted octanol–water partition coefficient (Wildman–Crippen LogP) is 4.68. The van der Waals surface area contributed by atoms with Crippen LogP contribution in [0.1, 0.15) is 5.56 Å². The topological polar surface area (TPSA) is 17.3 Å². The fourth-order valence-electron chi connectivity index (χ4n) is 1.99. The van der Waals surface area contributed by atoms with Gasteiger partial charge < -0.3 is 4.40 Å². The van der Waals surface area contributed by atoms with E-state index in [0.29, 0.717) is 0 Å². The van der Waals surface area contributed by atoms with Gasteiger partial charge >= 0.3 is 0 Å². The predicted molar refractivity (Wildman–Crippen MR) is 85.8 cm³/mol. The molecule has 0 aliphatic heterocycles. The van der Waals surface area contributed by atoms with Crippen molar-refractivity contribution in [2.75, 3.05) is 0 Å². The Morgan fingerprint density at radius 3 is 2.61 bits per heavy atom. The van der Waals surface area contributed by atoms with Gasteiger partial charge in [0, 0.05) is 26.0 Å². The van der Waals surface area contributed by atoms with E-state index in [-0.39, 0.29) is 0 Å². The van der Waals surface area contributed by atoms with Crippen LogP contribution in [0.3, 0.4) is 0 Å². The molecule has 0 radical (unpaired) electrons. The molecule has 90 valence electrons. The van der Waals surface area contributed by atoms with Crippen LogP contribution in [0.15, 0.2) is 47.2 Å². The van der Waals surface area contributed by atoms with Gasteiger partial charge in [-0.2, -0.15) is 0 Å². The highest BCUT2D eigenvalue weighted by molar-refractivity contribution is 14.1. The Morgan fingerprint density at radius 1 is 1.17 bits per heavy atom. The Balaban J connectivity index is 2.19. The summed E-state index contributed by atoms with van der Waals surface area (Å²) < 4.78 is 4.37. The second-order valence-electron chi connectivity index (χ2n) is 4.21. The molecule has 2 heterocycles. The number of aryl methyl sites for hydroxylation is 1. The molecule has 0 saturated carbocycles. The molecule has 0 unspecified atom stereocenters. The molecular formula is C14H10BrIN2. The monoisotopic (exact) mass is 412 g/mol. The standard InChI is InChI=1S/C14H10BrIN2/c1-9-6-11(15)7-18-8-13(17-14(9)18)10-2-4-12(16)5-3-10/h2-8H,1H3. The Kier molecular flexibility index (Phi) is 3.15. The Hall–Kier alpha value is -0.880. The van der Waals surface area contributed by atoms with Crippen molar-refractivity contribution >= 4 is 44.2 Å². The van der Waals surface area contributed by atoms with Crippen molar-refractivity contribution in [3.63, 3.8) is 0 Å². The van der Waals surface area contributed by atoms with Crippen molar-refractivity contribution in [2.24, 2.45) is 0 Å². The lowest BCUT2D eigenvalue weighted by Gasteiger charge is -1.97. The number of benzene rings is 1. The second kappa shape index (κ2) is 4.66. The number of fused-ring (bicyclic) bond motifs is 1. The van der Waals surface area contributed by atoms with Crippen LogP contribution in [0.4, 0.5) is 0 Å². The quantitative estimate of drug-likeness (QED) is 0.530. The van der Waals surface area contributed by atoms with Gasteiger partial charge in [0.2, 0.25) is 0 Å². The minimum atomic E-state index is 1.01.